The SMILES string of the molecule is Cc1cc(F)ccc1Nc1cc(C(=O)O)c(Cl)cn1. The molecule has 0 unspecified atom stereocenters. The molecule has 0 aliphatic rings. The van der Waals surface area contributed by atoms with Crippen LogP contribution in [0.1, 0.15) is 15.9 Å². The first kappa shape index (κ1) is 13.3. The molecule has 0 fully saturated rings. The molecule has 98 valence electrons. The highest BCUT2D eigenvalue weighted by Gasteiger charge is 2.11. The Balaban J connectivity index is 2.33. The summed E-state index contributed by atoms with van der Waals surface area (Å²) < 4.78 is 13.0. The summed E-state index contributed by atoms with van der Waals surface area (Å²) in [5, 5.41) is 11.9. The molecule has 0 saturated heterocycles. The monoisotopic (exact) mass is 280 g/mol. The maximum atomic E-state index is 13.0. The summed E-state index contributed by atoms with van der Waals surface area (Å²) in [6, 6.07) is 5.56. The van der Waals surface area contributed by atoms with Crippen LogP contribution < -0.4 is 5.32 Å². The van der Waals surface area contributed by atoms with Gasteiger partial charge in [-0.2, -0.15) is 0 Å². The largest absolute Gasteiger partial charge is 0.478 e. The van der Waals surface area contributed by atoms with Gasteiger partial charge in [0.1, 0.15) is 11.6 Å². The number of aromatic carboxylic acids is 1. The lowest BCUT2D eigenvalue weighted by Gasteiger charge is -2.09. The van der Waals surface area contributed by atoms with E-state index in [2.05, 4.69) is 10.3 Å². The Morgan fingerprint density at radius 3 is 2.79 bits per heavy atom. The van der Waals surface area contributed by atoms with Crippen LogP contribution in [-0.4, -0.2) is 16.1 Å². The fourth-order valence-corrected chi connectivity index (χ4v) is 1.76. The second-order valence-corrected chi connectivity index (χ2v) is 4.35. The van der Waals surface area contributed by atoms with E-state index < -0.39 is 5.97 Å². The predicted molar refractivity (Wildman–Crippen MR) is 70.6 cm³/mol. The van der Waals surface area contributed by atoms with Crippen LogP contribution in [0.5, 0.6) is 0 Å². The van der Waals surface area contributed by atoms with Gasteiger partial charge in [0.2, 0.25) is 0 Å². The van der Waals surface area contributed by atoms with Crippen molar-refractivity contribution >= 4 is 29.1 Å². The highest BCUT2D eigenvalue weighted by molar-refractivity contribution is 6.33. The van der Waals surface area contributed by atoms with Gasteiger partial charge in [-0.1, -0.05) is 11.6 Å². The predicted octanol–water partition coefficient (Wildman–Crippen LogP) is 3.62. The molecule has 0 spiro atoms. The number of rotatable bonds is 3. The smallest absolute Gasteiger partial charge is 0.337 e. The zero-order valence-electron chi connectivity index (χ0n) is 9.95. The van der Waals surface area contributed by atoms with Crippen LogP contribution >= 0.6 is 11.6 Å². The average molecular weight is 281 g/mol. The van der Waals surface area contributed by atoms with Crippen molar-refractivity contribution in [1.82, 2.24) is 4.98 Å². The van der Waals surface area contributed by atoms with E-state index in [1.165, 1.54) is 24.4 Å². The molecule has 6 heteroatoms. The number of aryl methyl sites for hydroxylation is 1. The molecular weight excluding hydrogens is 271 g/mol. The Labute approximate surface area is 113 Å². The van der Waals surface area contributed by atoms with Gasteiger partial charge in [0.05, 0.1) is 10.6 Å². The van der Waals surface area contributed by atoms with Gasteiger partial charge in [0.15, 0.2) is 0 Å². The Morgan fingerprint density at radius 2 is 2.16 bits per heavy atom. The van der Waals surface area contributed by atoms with E-state index in [0.717, 1.165) is 0 Å². The Hall–Kier alpha value is -2.14. The van der Waals surface area contributed by atoms with E-state index in [-0.39, 0.29) is 16.4 Å². The van der Waals surface area contributed by atoms with Crippen molar-refractivity contribution < 1.29 is 14.3 Å². The van der Waals surface area contributed by atoms with Crippen molar-refractivity contribution in [3.63, 3.8) is 0 Å². The van der Waals surface area contributed by atoms with Crippen LogP contribution in [0.15, 0.2) is 30.5 Å². The lowest BCUT2D eigenvalue weighted by Crippen LogP contribution is -2.02. The quantitative estimate of drug-likeness (QED) is 0.901. The highest BCUT2D eigenvalue weighted by Crippen LogP contribution is 2.23. The first-order valence-electron chi connectivity index (χ1n) is 5.39. The highest BCUT2D eigenvalue weighted by atomic mass is 35.5. The third-order valence-corrected chi connectivity index (χ3v) is 2.84. The number of nitrogens with zero attached hydrogens (tertiary/aromatic N) is 1. The molecule has 2 rings (SSSR count). The summed E-state index contributed by atoms with van der Waals surface area (Å²) in [6.45, 7) is 1.74. The van der Waals surface area contributed by atoms with Gasteiger partial charge < -0.3 is 10.4 Å². The fraction of sp³-hybridized carbons (Fsp3) is 0.0769. The van der Waals surface area contributed by atoms with E-state index in [9.17, 15) is 9.18 Å². The van der Waals surface area contributed by atoms with E-state index in [1.54, 1.807) is 13.0 Å². The lowest BCUT2D eigenvalue weighted by molar-refractivity contribution is 0.0697. The molecule has 4 nitrogen and oxygen atoms in total. The summed E-state index contributed by atoms with van der Waals surface area (Å²) in [4.78, 5) is 14.9. The molecule has 1 aromatic heterocycles. The van der Waals surface area contributed by atoms with Gasteiger partial charge in [0.25, 0.3) is 0 Å². The van der Waals surface area contributed by atoms with E-state index in [4.69, 9.17) is 16.7 Å². The van der Waals surface area contributed by atoms with Gasteiger partial charge in [0, 0.05) is 11.9 Å². The third-order valence-electron chi connectivity index (χ3n) is 2.54. The maximum absolute atomic E-state index is 13.0. The maximum Gasteiger partial charge on any atom is 0.337 e. The zero-order valence-corrected chi connectivity index (χ0v) is 10.7. The summed E-state index contributed by atoms with van der Waals surface area (Å²) in [5.41, 5.74) is 1.29. The molecule has 0 atom stereocenters. The van der Waals surface area contributed by atoms with Crippen LogP contribution in [0.25, 0.3) is 0 Å². The van der Waals surface area contributed by atoms with Crippen molar-refractivity contribution in [2.75, 3.05) is 5.32 Å². The Bertz CT molecular complexity index is 647. The Kier molecular flexibility index (Phi) is 3.66. The van der Waals surface area contributed by atoms with E-state index in [0.29, 0.717) is 17.1 Å². The number of aromatic nitrogens is 1. The molecule has 1 heterocycles. The van der Waals surface area contributed by atoms with Crippen LogP contribution in [0.2, 0.25) is 5.02 Å². The molecule has 0 radical (unpaired) electrons. The van der Waals surface area contributed by atoms with Crippen LogP contribution in [0, 0.1) is 12.7 Å². The zero-order chi connectivity index (χ0) is 14.0. The number of pyridine rings is 1. The molecule has 2 aromatic rings. The molecule has 0 aliphatic heterocycles. The number of carboxylic acids is 1. The lowest BCUT2D eigenvalue weighted by atomic mass is 10.2. The van der Waals surface area contributed by atoms with Crippen molar-refractivity contribution in [2.24, 2.45) is 0 Å². The summed E-state index contributed by atoms with van der Waals surface area (Å²) in [6.07, 6.45) is 1.26. The van der Waals surface area contributed by atoms with E-state index >= 15 is 0 Å². The first-order valence-corrected chi connectivity index (χ1v) is 5.77. The standard InChI is InChI=1S/C13H10ClFN2O2/c1-7-4-8(15)2-3-11(7)17-12-5-9(13(18)19)10(14)6-16-12/h2-6H,1H3,(H,16,17)(H,18,19). The molecule has 0 bridgehead atoms. The number of carbonyl (C=O) groups is 1. The molecule has 1 aromatic carbocycles. The normalized spacial score (nSPS) is 10.3. The van der Waals surface area contributed by atoms with Crippen LogP contribution in [-0.2, 0) is 0 Å². The number of carboxylic acid groups (broad SMARTS) is 1. The van der Waals surface area contributed by atoms with Crippen molar-refractivity contribution in [3.05, 3.63) is 52.4 Å². The topological polar surface area (TPSA) is 62.2 Å². The van der Waals surface area contributed by atoms with Gasteiger partial charge in [-0.05, 0) is 36.8 Å². The molecular formula is C13H10ClFN2O2. The number of benzene rings is 1. The molecule has 0 amide bonds. The molecule has 19 heavy (non-hydrogen) atoms. The van der Waals surface area contributed by atoms with Gasteiger partial charge in [-0.3, -0.25) is 0 Å². The number of nitrogens with one attached hydrogen (secondary N) is 1. The van der Waals surface area contributed by atoms with Gasteiger partial charge in [-0.25, -0.2) is 14.2 Å². The summed E-state index contributed by atoms with van der Waals surface area (Å²) in [5.74, 6) is -1.14. The number of anilines is 2. The second kappa shape index (κ2) is 5.24. The molecule has 0 aliphatic carbocycles. The second-order valence-electron chi connectivity index (χ2n) is 3.94. The number of hydrogen-bond acceptors (Lipinski definition) is 3. The number of hydrogen-bond donors (Lipinski definition) is 2. The molecule has 2 N–H and O–H groups in total. The van der Waals surface area contributed by atoms with Crippen LogP contribution in [0.4, 0.5) is 15.9 Å². The third kappa shape index (κ3) is 3.00. The summed E-state index contributed by atoms with van der Waals surface area (Å²) in [7, 11) is 0. The summed E-state index contributed by atoms with van der Waals surface area (Å²) >= 11 is 5.73. The van der Waals surface area contributed by atoms with Gasteiger partial charge >= 0.3 is 5.97 Å². The fourth-order valence-electron chi connectivity index (χ4n) is 1.58. The van der Waals surface area contributed by atoms with Gasteiger partial charge in [-0.15, -0.1) is 0 Å². The minimum Gasteiger partial charge on any atom is -0.478 e. The molecule has 0 saturated carbocycles. The van der Waals surface area contributed by atoms with Crippen molar-refractivity contribution in [1.29, 1.82) is 0 Å². The minimum absolute atomic E-state index is 0.0427. The average Bonchev–Trinajstić information content (AvgIpc) is 2.34. The first-order chi connectivity index (χ1) is 8.97. The van der Waals surface area contributed by atoms with Crippen molar-refractivity contribution in [3.8, 4) is 0 Å². The minimum atomic E-state index is -1.13. The van der Waals surface area contributed by atoms with E-state index in [1.807, 2.05) is 0 Å². The van der Waals surface area contributed by atoms with Crippen LogP contribution in [0.3, 0.4) is 0 Å². The van der Waals surface area contributed by atoms with Crippen molar-refractivity contribution in [2.45, 2.75) is 6.92 Å². The number of halogens is 2. The Morgan fingerprint density at radius 1 is 1.42 bits per heavy atom.